The van der Waals surface area contributed by atoms with Crippen LogP contribution >= 0.6 is 0 Å². The molecule has 0 saturated heterocycles. The topological polar surface area (TPSA) is 142 Å². The number of amides is 2. The van der Waals surface area contributed by atoms with E-state index in [-0.39, 0.29) is 24.5 Å². The highest BCUT2D eigenvalue weighted by molar-refractivity contribution is 5.87. The summed E-state index contributed by atoms with van der Waals surface area (Å²) in [5.41, 5.74) is 0. The average molecular weight is 767 g/mol. The van der Waals surface area contributed by atoms with Gasteiger partial charge in [0, 0.05) is 12.8 Å². The van der Waals surface area contributed by atoms with E-state index in [9.17, 15) is 19.2 Å². The summed E-state index contributed by atoms with van der Waals surface area (Å²) in [6.45, 7) is 3.50. The van der Waals surface area contributed by atoms with Crippen LogP contribution in [0.25, 0.3) is 0 Å². The van der Waals surface area contributed by atoms with Crippen molar-refractivity contribution in [2.45, 2.75) is 251 Å². The first kappa shape index (κ1) is 51.8. The van der Waals surface area contributed by atoms with Crippen molar-refractivity contribution < 1.29 is 34.1 Å². The summed E-state index contributed by atoms with van der Waals surface area (Å²) < 4.78 is 6.02. The Morgan fingerprint density at radius 1 is 0.481 bits per heavy atom. The zero-order valence-electron chi connectivity index (χ0n) is 35.3. The van der Waals surface area contributed by atoms with E-state index in [1.165, 1.54) is 148 Å². The van der Waals surface area contributed by atoms with Gasteiger partial charge in [-0.05, 0) is 38.5 Å². The van der Waals surface area contributed by atoms with E-state index in [0.717, 1.165) is 57.8 Å². The number of ether oxygens (including phenoxy) is 1. The third kappa shape index (κ3) is 36.8. The van der Waals surface area contributed by atoms with Gasteiger partial charge in [0.15, 0.2) is 0 Å². The van der Waals surface area contributed by atoms with E-state index in [1.54, 1.807) is 0 Å². The molecule has 0 aromatic heterocycles. The van der Waals surface area contributed by atoms with Crippen LogP contribution in [0.4, 0.5) is 0 Å². The van der Waals surface area contributed by atoms with Gasteiger partial charge in [-0.1, -0.05) is 187 Å². The van der Waals surface area contributed by atoms with E-state index < -0.39 is 24.5 Å². The van der Waals surface area contributed by atoms with Crippen LogP contribution in [0.1, 0.15) is 239 Å². The van der Waals surface area contributed by atoms with Gasteiger partial charge in [0.05, 0.1) is 13.2 Å². The largest absolute Gasteiger partial charge is 0.480 e. The Balaban J connectivity index is 4.11. The second-order valence-corrected chi connectivity index (χ2v) is 15.9. The average Bonchev–Trinajstić information content (AvgIpc) is 3.15. The van der Waals surface area contributed by atoms with Gasteiger partial charge in [0.25, 0.3) is 0 Å². The molecular weight excluding hydrogens is 681 g/mol. The van der Waals surface area contributed by atoms with Gasteiger partial charge in [0.2, 0.25) is 11.8 Å². The number of rotatable bonds is 42. The number of carboxylic acid groups (broad SMARTS) is 1. The van der Waals surface area contributed by atoms with Crippen molar-refractivity contribution in [1.82, 2.24) is 10.6 Å². The fourth-order valence-corrected chi connectivity index (χ4v) is 7.07. The minimum atomic E-state index is -1.38. The number of carbonyl (C=O) groups excluding carboxylic acids is 3. The number of carboxylic acids is 1. The molecular formula is C45H86N2O7. The van der Waals surface area contributed by atoms with Crippen LogP contribution in [0.15, 0.2) is 0 Å². The number of esters is 1. The Labute approximate surface area is 331 Å². The Morgan fingerprint density at radius 3 is 1.20 bits per heavy atom. The first-order valence-electron chi connectivity index (χ1n) is 22.9. The summed E-state index contributed by atoms with van der Waals surface area (Å²) in [5, 5.41) is 22.5. The summed E-state index contributed by atoms with van der Waals surface area (Å²) >= 11 is 0. The molecule has 0 aliphatic rings. The lowest BCUT2D eigenvalue weighted by atomic mass is 10.0. The maximum Gasteiger partial charge on any atom is 0.328 e. The first-order valence-corrected chi connectivity index (χ1v) is 22.9. The predicted octanol–water partition coefficient (Wildman–Crippen LogP) is 11.3. The van der Waals surface area contributed by atoms with Crippen LogP contribution in [-0.4, -0.2) is 59.3 Å². The molecule has 2 unspecified atom stereocenters. The van der Waals surface area contributed by atoms with E-state index in [2.05, 4.69) is 24.5 Å². The van der Waals surface area contributed by atoms with Crippen molar-refractivity contribution in [3.63, 3.8) is 0 Å². The molecule has 0 spiro atoms. The van der Waals surface area contributed by atoms with Gasteiger partial charge in [-0.2, -0.15) is 0 Å². The molecule has 0 saturated carbocycles. The SMILES string of the molecule is CCCCCCCCCCCCCCCCCCCCC(=O)OC(CCCCCCCCCC)CCCCCCCC(=O)NCC(=O)NC(CO)C(=O)O. The van der Waals surface area contributed by atoms with Gasteiger partial charge in [0.1, 0.15) is 12.1 Å². The molecule has 0 radical (unpaired) electrons. The van der Waals surface area contributed by atoms with Crippen LogP contribution in [0.5, 0.6) is 0 Å². The van der Waals surface area contributed by atoms with E-state index >= 15 is 0 Å². The zero-order chi connectivity index (χ0) is 39.7. The smallest absolute Gasteiger partial charge is 0.328 e. The van der Waals surface area contributed by atoms with Crippen LogP contribution in [-0.2, 0) is 23.9 Å². The lowest BCUT2D eigenvalue weighted by molar-refractivity contribution is -0.150. The molecule has 0 fully saturated rings. The number of unbranched alkanes of at least 4 members (excludes halogenated alkanes) is 28. The molecule has 0 heterocycles. The van der Waals surface area contributed by atoms with Gasteiger partial charge >= 0.3 is 11.9 Å². The lowest BCUT2D eigenvalue weighted by Crippen LogP contribution is -2.47. The molecule has 318 valence electrons. The summed E-state index contributed by atoms with van der Waals surface area (Å²) in [6.07, 6.45) is 41.4. The summed E-state index contributed by atoms with van der Waals surface area (Å²) in [5.74, 6) is -2.27. The molecule has 0 rings (SSSR count). The molecule has 0 aromatic rings. The molecule has 9 heteroatoms. The number of aliphatic hydroxyl groups excluding tert-OH is 1. The molecule has 0 aliphatic carbocycles. The molecule has 0 bridgehead atoms. The van der Waals surface area contributed by atoms with Crippen molar-refractivity contribution >= 4 is 23.8 Å². The third-order valence-corrected chi connectivity index (χ3v) is 10.6. The lowest BCUT2D eigenvalue weighted by Gasteiger charge is -2.18. The Kier molecular flexibility index (Phi) is 38.9. The minimum Gasteiger partial charge on any atom is -0.480 e. The Hall–Kier alpha value is -2.16. The highest BCUT2D eigenvalue weighted by Crippen LogP contribution is 2.19. The van der Waals surface area contributed by atoms with Crippen molar-refractivity contribution in [3.8, 4) is 0 Å². The number of carbonyl (C=O) groups is 4. The fourth-order valence-electron chi connectivity index (χ4n) is 7.07. The molecule has 0 aliphatic heterocycles. The van der Waals surface area contributed by atoms with Crippen molar-refractivity contribution in [2.75, 3.05) is 13.2 Å². The highest BCUT2D eigenvalue weighted by atomic mass is 16.5. The quantitative estimate of drug-likeness (QED) is 0.0358. The van der Waals surface area contributed by atoms with Gasteiger partial charge in [-0.25, -0.2) is 4.79 Å². The maximum absolute atomic E-state index is 12.8. The summed E-state index contributed by atoms with van der Waals surface area (Å²) in [4.78, 5) is 47.5. The van der Waals surface area contributed by atoms with E-state index in [1.807, 2.05) is 0 Å². The first-order chi connectivity index (χ1) is 26.3. The Bertz CT molecular complexity index is 884. The molecule has 0 aromatic carbocycles. The normalized spacial score (nSPS) is 12.4. The monoisotopic (exact) mass is 767 g/mol. The highest BCUT2D eigenvalue weighted by Gasteiger charge is 2.19. The van der Waals surface area contributed by atoms with E-state index in [4.69, 9.17) is 14.9 Å². The van der Waals surface area contributed by atoms with Crippen molar-refractivity contribution in [2.24, 2.45) is 0 Å². The van der Waals surface area contributed by atoms with Gasteiger partial charge in [-0.15, -0.1) is 0 Å². The van der Waals surface area contributed by atoms with Crippen molar-refractivity contribution in [3.05, 3.63) is 0 Å². The minimum absolute atomic E-state index is 0.00313. The molecule has 4 N–H and O–H groups in total. The predicted molar refractivity (Wildman–Crippen MR) is 222 cm³/mol. The standard InChI is InChI=1S/C45H86N2O7/c1-3-5-7-9-11-13-14-15-16-17-18-19-20-21-22-24-29-33-37-44(51)54-40(34-30-26-23-12-10-8-6-4-2)35-31-27-25-28-32-36-42(49)46-38-43(50)47-41(39-48)45(52)53/h40-41,48H,3-39H2,1-2H3,(H,46,49)(H,47,50)(H,52,53). The van der Waals surface area contributed by atoms with Crippen LogP contribution in [0, 0.1) is 0 Å². The summed E-state index contributed by atoms with van der Waals surface area (Å²) in [6, 6.07) is -1.38. The second-order valence-electron chi connectivity index (χ2n) is 15.9. The maximum atomic E-state index is 12.8. The molecule has 9 nitrogen and oxygen atoms in total. The number of hydrogen-bond donors (Lipinski definition) is 4. The number of hydrogen-bond acceptors (Lipinski definition) is 6. The second kappa shape index (κ2) is 40.5. The number of aliphatic hydroxyl groups is 1. The molecule has 54 heavy (non-hydrogen) atoms. The van der Waals surface area contributed by atoms with Crippen LogP contribution in [0.2, 0.25) is 0 Å². The summed E-state index contributed by atoms with van der Waals surface area (Å²) in [7, 11) is 0. The molecule has 2 atom stereocenters. The van der Waals surface area contributed by atoms with Gasteiger partial charge in [-0.3, -0.25) is 14.4 Å². The third-order valence-electron chi connectivity index (χ3n) is 10.6. The van der Waals surface area contributed by atoms with Crippen LogP contribution in [0.3, 0.4) is 0 Å². The zero-order valence-corrected chi connectivity index (χ0v) is 35.3. The van der Waals surface area contributed by atoms with E-state index in [0.29, 0.717) is 19.3 Å². The molecule has 2 amide bonds. The fraction of sp³-hybridized carbons (Fsp3) is 0.911. The number of nitrogens with one attached hydrogen (secondary N) is 2. The van der Waals surface area contributed by atoms with Crippen molar-refractivity contribution in [1.29, 1.82) is 0 Å². The van der Waals surface area contributed by atoms with Gasteiger partial charge < -0.3 is 25.6 Å². The Morgan fingerprint density at radius 2 is 0.833 bits per heavy atom. The van der Waals surface area contributed by atoms with Crippen LogP contribution < -0.4 is 10.6 Å². The number of aliphatic carboxylic acids is 1.